The Morgan fingerprint density at radius 1 is 1.40 bits per heavy atom. The average Bonchev–Trinajstić information content (AvgIpc) is 2.99. The Labute approximate surface area is 122 Å². The molecule has 3 nitrogen and oxygen atoms in total. The first-order chi connectivity index (χ1) is 9.81. The number of rotatable bonds is 8. The predicted molar refractivity (Wildman–Crippen MR) is 82.2 cm³/mol. The zero-order valence-electron chi connectivity index (χ0n) is 12.7. The second-order valence-corrected chi connectivity index (χ2v) is 5.50. The second-order valence-electron chi connectivity index (χ2n) is 5.50. The monoisotopic (exact) mass is 277 g/mol. The zero-order chi connectivity index (χ0) is 14.2. The van der Waals surface area contributed by atoms with E-state index in [4.69, 9.17) is 9.47 Å². The van der Waals surface area contributed by atoms with Crippen LogP contribution in [0.5, 0.6) is 5.75 Å². The van der Waals surface area contributed by atoms with E-state index in [1.807, 2.05) is 6.07 Å². The van der Waals surface area contributed by atoms with Crippen molar-refractivity contribution in [2.24, 2.45) is 0 Å². The summed E-state index contributed by atoms with van der Waals surface area (Å²) in [5.41, 5.74) is 1.24. The molecular formula is C17H27NO2. The van der Waals surface area contributed by atoms with Gasteiger partial charge in [-0.1, -0.05) is 31.5 Å². The number of hydrogen-bond donors (Lipinski definition) is 1. The van der Waals surface area contributed by atoms with E-state index in [-0.39, 0.29) is 6.04 Å². The summed E-state index contributed by atoms with van der Waals surface area (Å²) in [6.45, 7) is 7.01. The largest absolute Gasteiger partial charge is 0.493 e. The summed E-state index contributed by atoms with van der Waals surface area (Å²) in [7, 11) is 0. The molecule has 1 N–H and O–H groups in total. The van der Waals surface area contributed by atoms with Crippen molar-refractivity contribution in [2.75, 3.05) is 19.8 Å². The highest BCUT2D eigenvalue weighted by atomic mass is 16.5. The smallest absolute Gasteiger partial charge is 0.124 e. The van der Waals surface area contributed by atoms with Crippen molar-refractivity contribution in [3.05, 3.63) is 29.8 Å². The molecule has 0 spiro atoms. The van der Waals surface area contributed by atoms with E-state index in [0.717, 1.165) is 38.3 Å². The van der Waals surface area contributed by atoms with Crippen LogP contribution in [0.1, 0.15) is 51.1 Å². The van der Waals surface area contributed by atoms with Gasteiger partial charge < -0.3 is 14.8 Å². The number of ether oxygens (including phenoxy) is 2. The van der Waals surface area contributed by atoms with Crippen molar-refractivity contribution in [2.45, 2.75) is 51.7 Å². The molecule has 20 heavy (non-hydrogen) atoms. The molecule has 1 aliphatic heterocycles. The maximum absolute atomic E-state index is 5.90. The van der Waals surface area contributed by atoms with Crippen LogP contribution in [0.25, 0.3) is 0 Å². The summed E-state index contributed by atoms with van der Waals surface area (Å²) >= 11 is 0. The molecule has 0 unspecified atom stereocenters. The number of para-hydroxylation sites is 1. The van der Waals surface area contributed by atoms with Crippen molar-refractivity contribution < 1.29 is 9.47 Å². The average molecular weight is 277 g/mol. The predicted octanol–water partition coefficient (Wildman–Crippen LogP) is 3.70. The lowest BCUT2D eigenvalue weighted by Gasteiger charge is -2.20. The van der Waals surface area contributed by atoms with Gasteiger partial charge in [0.05, 0.1) is 12.7 Å². The number of unbranched alkanes of at least 4 members (excludes halogenated alkanes) is 1. The lowest BCUT2D eigenvalue weighted by molar-refractivity contribution is 0.108. The fourth-order valence-corrected chi connectivity index (χ4v) is 2.52. The Kier molecular flexibility index (Phi) is 6.34. The molecule has 2 atom stereocenters. The molecule has 1 aromatic carbocycles. The molecule has 0 amide bonds. The van der Waals surface area contributed by atoms with E-state index in [2.05, 4.69) is 37.4 Å². The summed E-state index contributed by atoms with van der Waals surface area (Å²) in [4.78, 5) is 0. The molecule has 2 rings (SSSR count). The quantitative estimate of drug-likeness (QED) is 0.735. The topological polar surface area (TPSA) is 30.5 Å². The van der Waals surface area contributed by atoms with Crippen molar-refractivity contribution in [3.8, 4) is 5.75 Å². The van der Waals surface area contributed by atoms with Gasteiger partial charge in [0.1, 0.15) is 5.75 Å². The van der Waals surface area contributed by atoms with E-state index in [0.29, 0.717) is 6.10 Å². The molecule has 0 bridgehead atoms. The molecule has 1 heterocycles. The molecule has 0 saturated carbocycles. The van der Waals surface area contributed by atoms with Gasteiger partial charge in [-0.2, -0.15) is 0 Å². The van der Waals surface area contributed by atoms with Gasteiger partial charge in [0.25, 0.3) is 0 Å². The van der Waals surface area contributed by atoms with E-state index < -0.39 is 0 Å². The van der Waals surface area contributed by atoms with Crippen molar-refractivity contribution in [3.63, 3.8) is 0 Å². The molecule has 112 valence electrons. The molecular weight excluding hydrogens is 250 g/mol. The Balaban J connectivity index is 1.88. The van der Waals surface area contributed by atoms with Crippen LogP contribution >= 0.6 is 0 Å². The lowest BCUT2D eigenvalue weighted by Crippen LogP contribution is -2.28. The van der Waals surface area contributed by atoms with Crippen LogP contribution in [0.15, 0.2) is 24.3 Å². The van der Waals surface area contributed by atoms with E-state index >= 15 is 0 Å². The summed E-state index contributed by atoms with van der Waals surface area (Å²) in [6.07, 6.45) is 5.01. The number of benzene rings is 1. The minimum Gasteiger partial charge on any atom is -0.493 e. The molecule has 3 heteroatoms. The van der Waals surface area contributed by atoms with Gasteiger partial charge in [-0.25, -0.2) is 0 Å². The van der Waals surface area contributed by atoms with Gasteiger partial charge >= 0.3 is 0 Å². The van der Waals surface area contributed by atoms with E-state index in [9.17, 15) is 0 Å². The molecule has 1 aliphatic rings. The highest BCUT2D eigenvalue weighted by molar-refractivity contribution is 5.35. The molecule has 1 saturated heterocycles. The van der Waals surface area contributed by atoms with Gasteiger partial charge in [-0.05, 0) is 32.3 Å². The van der Waals surface area contributed by atoms with Gasteiger partial charge in [0, 0.05) is 24.8 Å². The summed E-state index contributed by atoms with van der Waals surface area (Å²) in [5.74, 6) is 1.01. The van der Waals surface area contributed by atoms with Crippen LogP contribution in [-0.2, 0) is 4.74 Å². The van der Waals surface area contributed by atoms with Crippen LogP contribution in [0.4, 0.5) is 0 Å². The highest BCUT2D eigenvalue weighted by Crippen LogP contribution is 2.25. The summed E-state index contributed by atoms with van der Waals surface area (Å²) in [5, 5.41) is 3.57. The van der Waals surface area contributed by atoms with Crippen molar-refractivity contribution >= 4 is 0 Å². The standard InChI is InChI=1S/C17H27NO2/c1-3-4-11-20-17-10-6-5-9-16(17)14(2)18-13-15-8-7-12-19-15/h5-6,9-10,14-15,18H,3-4,7-8,11-13H2,1-2H3/t14-,15+/m0/s1. The minimum absolute atomic E-state index is 0.289. The Morgan fingerprint density at radius 3 is 3.00 bits per heavy atom. The Hall–Kier alpha value is -1.06. The fourth-order valence-electron chi connectivity index (χ4n) is 2.52. The van der Waals surface area contributed by atoms with Crippen LogP contribution < -0.4 is 10.1 Å². The highest BCUT2D eigenvalue weighted by Gasteiger charge is 2.17. The molecule has 0 aliphatic carbocycles. The maximum Gasteiger partial charge on any atom is 0.124 e. The molecule has 0 radical (unpaired) electrons. The van der Waals surface area contributed by atoms with Crippen LogP contribution in [0, 0.1) is 0 Å². The normalized spacial score (nSPS) is 20.0. The second kappa shape index (κ2) is 8.28. The first kappa shape index (κ1) is 15.3. The van der Waals surface area contributed by atoms with Crippen molar-refractivity contribution in [1.82, 2.24) is 5.32 Å². The van der Waals surface area contributed by atoms with Gasteiger partial charge in [0.15, 0.2) is 0 Å². The van der Waals surface area contributed by atoms with Crippen molar-refractivity contribution in [1.29, 1.82) is 0 Å². The number of hydrogen-bond acceptors (Lipinski definition) is 3. The zero-order valence-corrected chi connectivity index (χ0v) is 12.7. The molecule has 1 fully saturated rings. The first-order valence-electron chi connectivity index (χ1n) is 7.88. The first-order valence-corrected chi connectivity index (χ1v) is 7.88. The van der Waals surface area contributed by atoms with Crippen LogP contribution in [0.3, 0.4) is 0 Å². The van der Waals surface area contributed by atoms with Gasteiger partial charge in [-0.15, -0.1) is 0 Å². The number of nitrogens with one attached hydrogen (secondary N) is 1. The fraction of sp³-hybridized carbons (Fsp3) is 0.647. The van der Waals surface area contributed by atoms with Gasteiger partial charge in [0.2, 0.25) is 0 Å². The van der Waals surface area contributed by atoms with Gasteiger partial charge in [-0.3, -0.25) is 0 Å². The SMILES string of the molecule is CCCCOc1ccccc1[C@H](C)NC[C@H]1CCCO1. The third kappa shape index (κ3) is 4.50. The Bertz CT molecular complexity index is 388. The Morgan fingerprint density at radius 2 is 2.25 bits per heavy atom. The third-order valence-electron chi connectivity index (χ3n) is 3.82. The minimum atomic E-state index is 0.289. The summed E-state index contributed by atoms with van der Waals surface area (Å²) < 4.78 is 11.6. The molecule has 1 aromatic rings. The maximum atomic E-state index is 5.90. The van der Waals surface area contributed by atoms with Crippen LogP contribution in [0.2, 0.25) is 0 Å². The third-order valence-corrected chi connectivity index (χ3v) is 3.82. The van der Waals surface area contributed by atoms with E-state index in [1.165, 1.54) is 18.4 Å². The summed E-state index contributed by atoms with van der Waals surface area (Å²) in [6, 6.07) is 8.62. The van der Waals surface area contributed by atoms with Crippen LogP contribution in [-0.4, -0.2) is 25.9 Å². The van der Waals surface area contributed by atoms with E-state index in [1.54, 1.807) is 0 Å². The lowest BCUT2D eigenvalue weighted by atomic mass is 10.1. The molecule has 0 aromatic heterocycles.